The van der Waals surface area contributed by atoms with Crippen molar-refractivity contribution in [2.24, 2.45) is 5.92 Å². The van der Waals surface area contributed by atoms with Gasteiger partial charge in [0.25, 0.3) is 5.91 Å². The quantitative estimate of drug-likeness (QED) is 0.0314. The van der Waals surface area contributed by atoms with Crippen LogP contribution in [0.25, 0.3) is 0 Å². The van der Waals surface area contributed by atoms with Crippen LogP contribution in [0.4, 0.5) is 28.4 Å². The van der Waals surface area contributed by atoms with Gasteiger partial charge in [-0.15, -0.1) is 5.10 Å². The minimum Gasteiger partial charge on any atom is -0.494 e. The first-order valence-corrected chi connectivity index (χ1v) is 25.3. The summed E-state index contributed by atoms with van der Waals surface area (Å²) in [6.07, 6.45) is 9.97. The van der Waals surface area contributed by atoms with Crippen LogP contribution in [0.3, 0.4) is 0 Å². The van der Waals surface area contributed by atoms with E-state index in [-0.39, 0.29) is 38.2 Å². The zero-order valence-corrected chi connectivity index (χ0v) is 41.5. The number of fused-ring (bicyclic) bond motifs is 3. The molecule has 17 nitrogen and oxygen atoms in total. The average Bonchev–Trinajstić information content (AvgIpc) is 3.92. The Morgan fingerprint density at radius 1 is 0.750 bits per heavy atom. The number of allylic oxidation sites excluding steroid dienone is 1. The first-order chi connectivity index (χ1) is 35.0. The number of rotatable bonds is 25. The molecular weight excluding hydrogens is 917 g/mol. The summed E-state index contributed by atoms with van der Waals surface area (Å²) in [4.78, 5) is 49.2. The first kappa shape index (κ1) is 51.9. The number of nitrogens with one attached hydrogen (secondary N) is 2. The van der Waals surface area contributed by atoms with Gasteiger partial charge in [0.15, 0.2) is 5.60 Å². The number of aromatic nitrogens is 3. The molecule has 17 heteroatoms. The number of aliphatic hydroxyl groups is 4. The highest BCUT2D eigenvalue weighted by molar-refractivity contribution is 6.10. The second-order valence-corrected chi connectivity index (χ2v) is 18.6. The Bertz CT molecular complexity index is 2730. The van der Waals surface area contributed by atoms with E-state index in [9.17, 15) is 30.0 Å². The normalized spacial score (nSPS) is 19.0. The number of hydrogen-bond donors (Lipinski definition) is 6. The maximum absolute atomic E-state index is 15.2. The van der Waals surface area contributed by atoms with Gasteiger partial charge in [0.05, 0.1) is 54.6 Å². The van der Waals surface area contributed by atoms with Gasteiger partial charge in [-0.05, 0) is 155 Å². The minimum atomic E-state index is -2.06. The Labute approximate surface area is 421 Å². The average molecular weight is 985 g/mol. The Morgan fingerprint density at radius 2 is 1.35 bits per heavy atom. The van der Waals surface area contributed by atoms with Crippen LogP contribution in [0.2, 0.25) is 0 Å². The number of benzene rings is 4. The standard InChI is InChI=1S/C55H68N8O9/c1-4-71-44-17-20-49-39(30-44)32-47(56-23-7-10-26-64)52(67)62(49)42-15-12-14-38(29-42)35-61-51-19-16-43(63-50-21-18-45(72-5-2)31-40(50)33-48(53(63)68)57-24-8-11-27-65)34-46(51)55(70,54(61)69)37(3)13-6-9-25-60-36-41(22-28-66)58-59-60/h6,12-21,29-31,34,36-37,47-48,56-57,64-66,70H,4-5,7-11,22-28,32-33,35H2,1-3H3/b13-6+/t37-,47?,48?,55+/m1/s1. The minimum absolute atomic E-state index is 0.0291. The summed E-state index contributed by atoms with van der Waals surface area (Å²) < 4.78 is 13.4. The van der Waals surface area contributed by atoms with Gasteiger partial charge in [-0.3, -0.25) is 28.9 Å². The maximum atomic E-state index is 15.2. The van der Waals surface area contributed by atoms with E-state index in [4.69, 9.17) is 9.47 Å². The van der Waals surface area contributed by atoms with Crippen LogP contribution < -0.4 is 34.8 Å². The number of carbonyl (C=O) groups excluding carboxylic acids is 3. The molecular formula is C55H68N8O9. The predicted octanol–water partition coefficient (Wildman–Crippen LogP) is 5.53. The number of aryl methyl sites for hydroxylation is 1. The van der Waals surface area contributed by atoms with Crippen molar-refractivity contribution in [2.75, 3.05) is 60.8 Å². The first-order valence-electron chi connectivity index (χ1n) is 25.3. The molecule has 2 unspecified atom stereocenters. The van der Waals surface area contributed by atoms with Crippen LogP contribution >= 0.6 is 0 Å². The summed E-state index contributed by atoms with van der Waals surface area (Å²) in [6.45, 7) is 8.37. The van der Waals surface area contributed by atoms with Crippen LogP contribution in [-0.4, -0.2) is 111 Å². The molecule has 3 aliphatic heterocycles. The fraction of sp³-hybridized carbons (Fsp3) is 0.436. The van der Waals surface area contributed by atoms with Gasteiger partial charge in [-0.25, -0.2) is 0 Å². The van der Waals surface area contributed by atoms with Gasteiger partial charge in [0.1, 0.15) is 11.5 Å². The van der Waals surface area contributed by atoms with Crippen molar-refractivity contribution in [2.45, 2.75) is 103 Å². The number of nitrogens with zero attached hydrogens (tertiary/aromatic N) is 6. The van der Waals surface area contributed by atoms with Crippen molar-refractivity contribution in [3.05, 3.63) is 125 Å². The Morgan fingerprint density at radius 3 is 1.93 bits per heavy atom. The van der Waals surface area contributed by atoms with E-state index in [1.165, 1.54) is 0 Å². The third kappa shape index (κ3) is 11.1. The van der Waals surface area contributed by atoms with Crippen molar-refractivity contribution in [1.29, 1.82) is 0 Å². The van der Waals surface area contributed by atoms with Crippen molar-refractivity contribution < 1.29 is 44.3 Å². The van der Waals surface area contributed by atoms with Gasteiger partial charge in [0, 0.05) is 61.8 Å². The molecule has 0 aliphatic carbocycles. The zero-order valence-electron chi connectivity index (χ0n) is 41.5. The van der Waals surface area contributed by atoms with Crippen molar-refractivity contribution in [1.82, 2.24) is 25.6 Å². The van der Waals surface area contributed by atoms with Crippen LogP contribution in [0.1, 0.15) is 80.8 Å². The van der Waals surface area contributed by atoms with E-state index in [1.807, 2.05) is 92.7 Å². The van der Waals surface area contributed by atoms with Crippen LogP contribution in [-0.2, 0) is 52.3 Å². The van der Waals surface area contributed by atoms with E-state index < -0.39 is 29.5 Å². The second kappa shape index (κ2) is 23.8. The molecule has 0 spiro atoms. The predicted molar refractivity (Wildman–Crippen MR) is 275 cm³/mol. The van der Waals surface area contributed by atoms with Gasteiger partial charge >= 0.3 is 0 Å². The third-order valence-electron chi connectivity index (χ3n) is 13.6. The lowest BCUT2D eigenvalue weighted by Crippen LogP contribution is -2.49. The Kier molecular flexibility index (Phi) is 17.2. The third-order valence-corrected chi connectivity index (χ3v) is 13.6. The molecule has 1 aromatic heterocycles. The summed E-state index contributed by atoms with van der Waals surface area (Å²) in [5.74, 6) is -0.192. The van der Waals surface area contributed by atoms with Gasteiger partial charge in [-0.2, -0.15) is 0 Å². The lowest BCUT2D eigenvalue weighted by Gasteiger charge is -2.35. The molecule has 382 valence electrons. The van der Waals surface area contributed by atoms with Gasteiger partial charge < -0.3 is 45.4 Å². The number of unbranched alkanes of at least 4 members (excludes halogenated alkanes) is 2. The molecule has 4 aromatic carbocycles. The number of hydrogen-bond acceptors (Lipinski definition) is 13. The Hall–Kier alpha value is -6.47. The van der Waals surface area contributed by atoms with E-state index in [0.717, 1.165) is 22.4 Å². The Balaban J connectivity index is 1.15. The van der Waals surface area contributed by atoms with Crippen LogP contribution in [0.5, 0.6) is 11.5 Å². The van der Waals surface area contributed by atoms with Crippen LogP contribution in [0, 0.1) is 5.92 Å². The SMILES string of the molecule is CCOc1ccc2c(c1)CC(NCCCCO)C(=O)N2c1cccc(CN2C(=O)[C@](O)([C@H](C)/C=C/CCn3cc(CCO)nn3)c3cc(N4C(=O)C(NCCCCO)Cc5cc(OCC)ccc54)ccc32)c1. The fourth-order valence-electron chi connectivity index (χ4n) is 9.97. The molecule has 0 saturated heterocycles. The summed E-state index contributed by atoms with van der Waals surface area (Å²) in [5.41, 5.74) is 4.53. The molecule has 0 saturated carbocycles. The molecule has 8 rings (SSSR count). The summed E-state index contributed by atoms with van der Waals surface area (Å²) >= 11 is 0. The topological polar surface area (TPSA) is 215 Å². The highest BCUT2D eigenvalue weighted by Gasteiger charge is 2.53. The van der Waals surface area contributed by atoms with E-state index in [0.29, 0.717) is 130 Å². The molecule has 0 radical (unpaired) electrons. The number of ether oxygens (including phenoxy) is 2. The fourth-order valence-corrected chi connectivity index (χ4v) is 9.97. The molecule has 3 amide bonds. The van der Waals surface area contributed by atoms with Crippen molar-refractivity contribution in [3.63, 3.8) is 0 Å². The molecule has 4 atom stereocenters. The number of anilines is 5. The molecule has 0 fully saturated rings. The van der Waals surface area contributed by atoms with Crippen molar-refractivity contribution >= 4 is 46.2 Å². The zero-order chi connectivity index (χ0) is 50.8. The number of aliphatic hydroxyl groups excluding tert-OH is 3. The highest BCUT2D eigenvalue weighted by Crippen LogP contribution is 2.49. The summed E-state index contributed by atoms with van der Waals surface area (Å²) in [6, 6.07) is 23.2. The van der Waals surface area contributed by atoms with E-state index in [2.05, 4.69) is 20.9 Å². The number of amides is 3. The van der Waals surface area contributed by atoms with Gasteiger partial charge in [-0.1, -0.05) is 36.4 Å². The second-order valence-electron chi connectivity index (χ2n) is 18.6. The maximum Gasteiger partial charge on any atom is 0.264 e. The molecule has 3 aliphatic rings. The van der Waals surface area contributed by atoms with Crippen molar-refractivity contribution in [3.8, 4) is 11.5 Å². The molecule has 6 N–H and O–H groups in total. The van der Waals surface area contributed by atoms with E-state index >= 15 is 4.79 Å². The molecule has 72 heavy (non-hydrogen) atoms. The molecule has 0 bridgehead atoms. The summed E-state index contributed by atoms with van der Waals surface area (Å²) in [7, 11) is 0. The lowest BCUT2D eigenvalue weighted by atomic mass is 9.82. The monoisotopic (exact) mass is 985 g/mol. The van der Waals surface area contributed by atoms with Gasteiger partial charge in [0.2, 0.25) is 11.8 Å². The smallest absolute Gasteiger partial charge is 0.264 e. The lowest BCUT2D eigenvalue weighted by molar-refractivity contribution is -0.139. The van der Waals surface area contributed by atoms with Crippen LogP contribution in [0.15, 0.2) is 97.2 Å². The van der Waals surface area contributed by atoms with E-state index in [1.54, 1.807) is 44.6 Å². The number of carbonyl (C=O) groups is 3. The largest absolute Gasteiger partial charge is 0.494 e. The summed E-state index contributed by atoms with van der Waals surface area (Å²) in [5, 5.41) is 56.3. The highest BCUT2D eigenvalue weighted by atomic mass is 16.5. The molecule has 4 heterocycles. The molecule has 5 aromatic rings.